The summed E-state index contributed by atoms with van der Waals surface area (Å²) in [5.74, 6) is 3.42. The van der Waals surface area contributed by atoms with Crippen molar-refractivity contribution in [1.82, 2.24) is 0 Å². The second kappa shape index (κ2) is 9.59. The maximum atomic E-state index is 13.7. The first-order valence-corrected chi connectivity index (χ1v) is 11.1. The van der Waals surface area contributed by atoms with Gasteiger partial charge in [0.25, 0.3) is 0 Å². The Hall–Kier alpha value is -0.0861. The summed E-state index contributed by atoms with van der Waals surface area (Å²) in [7, 11) is 0. The smallest absolute Gasteiger partial charge is 0.139 e. The van der Waals surface area contributed by atoms with Gasteiger partial charge in [0.1, 0.15) is 11.6 Å². The Kier molecular flexibility index (Phi) is 8.33. The van der Waals surface area contributed by atoms with Gasteiger partial charge in [-0.05, 0) is 48.9 Å². The molecule has 4 saturated carbocycles. The zero-order chi connectivity index (χ0) is 20.7. The molecule has 0 heterocycles. The van der Waals surface area contributed by atoms with E-state index >= 15 is 0 Å². The molecule has 0 aliphatic heterocycles. The molecule has 4 aliphatic rings. The Balaban J connectivity index is 0.000000708. The Morgan fingerprint density at radius 1 is 1.07 bits per heavy atom. The largest absolute Gasteiger partial charge is 0.665 e. The Labute approximate surface area is 201 Å². The van der Waals surface area contributed by atoms with Crippen molar-refractivity contribution in [1.29, 1.82) is 0 Å². The van der Waals surface area contributed by atoms with E-state index in [-0.39, 0.29) is 50.0 Å². The maximum absolute atomic E-state index is 13.7. The molecule has 0 saturated heterocycles. The Morgan fingerprint density at radius 2 is 1.69 bits per heavy atom. The van der Waals surface area contributed by atoms with Gasteiger partial charge >= 0.3 is 0 Å². The summed E-state index contributed by atoms with van der Waals surface area (Å²) in [5.41, 5.74) is 0.542. The normalized spacial score (nSPS) is 45.7. The van der Waals surface area contributed by atoms with Gasteiger partial charge in [0.2, 0.25) is 0 Å². The van der Waals surface area contributed by atoms with Crippen LogP contribution in [0, 0.1) is 52.8 Å². The van der Waals surface area contributed by atoms with Crippen molar-refractivity contribution in [2.24, 2.45) is 46.3 Å². The SMILES string of the molecule is C[CH-][C@H]1CCC2C3C(=O)[C@H](CC)[C@@H]4CC(=O)CC[C@]4(C)C3CC[C@@]21C.O=[C-]O.[Y]. The molecule has 5 heteroatoms. The van der Waals surface area contributed by atoms with Gasteiger partial charge in [-0.15, -0.1) is 0 Å². The number of carbonyl (C=O) groups is 2. The predicted octanol–water partition coefficient (Wildman–Crippen LogP) is 4.86. The van der Waals surface area contributed by atoms with Crippen LogP contribution < -0.4 is 0 Å². The number of aliphatic hydroxyl groups excluding tert-OH is 1. The molecule has 0 aromatic rings. The molecule has 1 radical (unpaired) electrons. The molecular weight excluding hydrogens is 441 g/mol. The second-order valence-electron chi connectivity index (χ2n) is 10.2. The zero-order valence-electron chi connectivity index (χ0n) is 18.4. The van der Waals surface area contributed by atoms with Crippen molar-refractivity contribution < 1.29 is 52.2 Å². The van der Waals surface area contributed by atoms with Crippen LogP contribution in [0.25, 0.3) is 0 Å². The van der Waals surface area contributed by atoms with Crippen molar-refractivity contribution in [2.45, 2.75) is 79.1 Å². The van der Waals surface area contributed by atoms with E-state index in [1.807, 2.05) is 0 Å². The fourth-order valence-electron chi connectivity index (χ4n) is 8.03. The van der Waals surface area contributed by atoms with Crippen LogP contribution in [0.1, 0.15) is 79.1 Å². The first-order chi connectivity index (χ1) is 13.3. The molecule has 161 valence electrons. The van der Waals surface area contributed by atoms with Crippen LogP contribution in [0.3, 0.4) is 0 Å². The second-order valence-corrected chi connectivity index (χ2v) is 10.2. The summed E-state index contributed by atoms with van der Waals surface area (Å²) in [6.45, 7) is 9.80. The van der Waals surface area contributed by atoms with Crippen molar-refractivity contribution >= 4 is 18.0 Å². The monoisotopic (exact) mass is 477 g/mol. The van der Waals surface area contributed by atoms with Crippen LogP contribution in [0.15, 0.2) is 0 Å². The van der Waals surface area contributed by atoms with E-state index in [9.17, 15) is 9.59 Å². The van der Waals surface area contributed by atoms with E-state index in [1.165, 1.54) is 25.7 Å². The molecular formula is C24H36O4Y-2. The zero-order valence-corrected chi connectivity index (χ0v) is 21.3. The third-order valence-corrected chi connectivity index (χ3v) is 9.45. The van der Waals surface area contributed by atoms with Crippen molar-refractivity contribution in [3.05, 3.63) is 6.42 Å². The third kappa shape index (κ3) is 3.95. The summed E-state index contributed by atoms with van der Waals surface area (Å²) in [5, 5.41) is 6.76. The average molecular weight is 477 g/mol. The number of ketones is 2. The van der Waals surface area contributed by atoms with Gasteiger partial charge in [-0.2, -0.15) is 12.8 Å². The molecule has 4 aliphatic carbocycles. The predicted molar refractivity (Wildman–Crippen MR) is 108 cm³/mol. The molecule has 0 bridgehead atoms. The number of rotatable bonds is 2. The van der Waals surface area contributed by atoms with Crippen LogP contribution in [-0.4, -0.2) is 23.1 Å². The number of carbonyl (C=O) groups excluding carboxylic acids is 2. The van der Waals surface area contributed by atoms with Gasteiger partial charge in [0.05, 0.1) is 0 Å². The summed E-state index contributed by atoms with van der Waals surface area (Å²) in [6, 6.07) is 0. The first kappa shape index (κ1) is 25.2. The maximum Gasteiger partial charge on any atom is 0.139 e. The summed E-state index contributed by atoms with van der Waals surface area (Å²) in [6.07, 6.45) is 10.7. The van der Waals surface area contributed by atoms with Crippen LogP contribution in [0.2, 0.25) is 0 Å². The van der Waals surface area contributed by atoms with Gasteiger partial charge < -0.3 is 16.3 Å². The van der Waals surface area contributed by atoms with Crippen LogP contribution in [-0.2, 0) is 47.1 Å². The van der Waals surface area contributed by atoms with Gasteiger partial charge in [-0.3, -0.25) is 9.59 Å². The fourth-order valence-corrected chi connectivity index (χ4v) is 8.03. The average Bonchev–Trinajstić information content (AvgIpc) is 3.00. The molecule has 1 N–H and O–H groups in total. The summed E-state index contributed by atoms with van der Waals surface area (Å²) in [4.78, 5) is 34.1. The van der Waals surface area contributed by atoms with Crippen molar-refractivity contribution in [3.8, 4) is 0 Å². The van der Waals surface area contributed by atoms with Crippen molar-refractivity contribution in [2.75, 3.05) is 0 Å². The topological polar surface area (TPSA) is 71.4 Å². The molecule has 0 spiro atoms. The van der Waals surface area contributed by atoms with Crippen LogP contribution >= 0.6 is 0 Å². The number of hydrogen-bond donors (Lipinski definition) is 1. The minimum atomic E-state index is 0. The molecule has 4 rings (SSSR count). The minimum Gasteiger partial charge on any atom is -0.665 e. The molecule has 0 aromatic heterocycles. The molecule has 8 atom stereocenters. The van der Waals surface area contributed by atoms with Gasteiger partial charge in [-0.1, -0.05) is 45.5 Å². The Morgan fingerprint density at radius 3 is 2.28 bits per heavy atom. The molecule has 4 fully saturated rings. The fraction of sp³-hybridized carbons (Fsp3) is 0.833. The van der Waals surface area contributed by atoms with Gasteiger partial charge in [-0.25, -0.2) is 0 Å². The number of fused-ring (bicyclic) bond motifs is 5. The van der Waals surface area contributed by atoms with E-state index in [1.54, 1.807) is 0 Å². The number of Topliss-reactive ketones (excluding diaryl/α,β-unsaturated/α-hetero) is 2. The van der Waals surface area contributed by atoms with Crippen LogP contribution in [0.5, 0.6) is 0 Å². The van der Waals surface area contributed by atoms with E-state index in [0.29, 0.717) is 53.5 Å². The number of hydrogen-bond acceptors (Lipinski definition) is 3. The van der Waals surface area contributed by atoms with Crippen LogP contribution in [0.4, 0.5) is 0 Å². The van der Waals surface area contributed by atoms with E-state index in [0.717, 1.165) is 19.3 Å². The van der Waals surface area contributed by atoms with Gasteiger partial charge in [0.15, 0.2) is 0 Å². The quantitative estimate of drug-likeness (QED) is 0.577. The Bertz CT molecular complexity index is 634. The van der Waals surface area contributed by atoms with Gasteiger partial charge in [0, 0.05) is 57.4 Å². The molecule has 3 unspecified atom stereocenters. The summed E-state index contributed by atoms with van der Waals surface area (Å²) < 4.78 is 0. The minimum absolute atomic E-state index is 0. The first-order valence-electron chi connectivity index (χ1n) is 11.1. The standard InChI is InChI=1S/C23H35O2.CHO2.Y/c1-5-14-7-8-17-20-18(10-12-22(14,17)3)23(4)11-9-15(24)13-19(23)16(6-2)21(20)25;2-1-3;/h5,14,16-20H,6-13H2,1-4H3;(H,2,3);/q2*-1;/t14-,16+,17?,18?,19-,20?,22+,23+;;/m0../s1. The third-order valence-electron chi connectivity index (χ3n) is 9.45. The van der Waals surface area contributed by atoms with E-state index in [4.69, 9.17) is 9.90 Å². The van der Waals surface area contributed by atoms with E-state index in [2.05, 4.69) is 34.1 Å². The molecule has 0 aromatic carbocycles. The van der Waals surface area contributed by atoms with Crippen molar-refractivity contribution in [3.63, 3.8) is 0 Å². The van der Waals surface area contributed by atoms with E-state index < -0.39 is 0 Å². The molecule has 0 amide bonds. The molecule has 29 heavy (non-hydrogen) atoms. The molecule has 4 nitrogen and oxygen atoms in total. The summed E-state index contributed by atoms with van der Waals surface area (Å²) >= 11 is 0.